The van der Waals surface area contributed by atoms with Gasteiger partial charge in [-0.25, -0.2) is 4.99 Å². The molecule has 0 unspecified atom stereocenters. The fraction of sp³-hybridized carbons (Fsp3) is 0.290. The fourth-order valence-electron chi connectivity index (χ4n) is 4.93. The zero-order chi connectivity index (χ0) is 28.2. The fourth-order valence-corrected chi connectivity index (χ4v) is 6.16. The molecule has 1 aliphatic carbocycles. The first-order valence-corrected chi connectivity index (χ1v) is 14.2. The Kier molecular flexibility index (Phi) is 8.11. The van der Waals surface area contributed by atoms with Crippen LogP contribution in [-0.4, -0.2) is 24.2 Å². The van der Waals surface area contributed by atoms with Gasteiger partial charge in [-0.3, -0.25) is 14.9 Å². The molecule has 5 rings (SSSR count). The van der Waals surface area contributed by atoms with E-state index in [-0.39, 0.29) is 11.6 Å². The van der Waals surface area contributed by atoms with E-state index in [1.165, 1.54) is 36.1 Å². The maximum Gasteiger partial charge on any atom is 0.270 e. The molecule has 8 nitrogen and oxygen atoms in total. The van der Waals surface area contributed by atoms with Gasteiger partial charge in [-0.2, -0.15) is 0 Å². The van der Waals surface area contributed by atoms with E-state index in [0.29, 0.717) is 33.4 Å². The zero-order valence-corrected chi connectivity index (χ0v) is 23.6. The van der Waals surface area contributed by atoms with Crippen LogP contribution in [-0.2, 0) is 12.8 Å². The van der Waals surface area contributed by atoms with Crippen molar-refractivity contribution >= 4 is 39.8 Å². The van der Waals surface area contributed by atoms with Crippen molar-refractivity contribution in [2.45, 2.75) is 52.4 Å². The normalized spacial score (nSPS) is 13.5. The van der Waals surface area contributed by atoms with E-state index in [1.807, 2.05) is 32.0 Å². The number of non-ortho nitro benzene ring substituents is 1. The highest BCUT2D eigenvalue weighted by atomic mass is 32.1. The number of rotatable bonds is 7. The minimum absolute atomic E-state index is 0.0576. The zero-order valence-electron chi connectivity index (χ0n) is 22.8. The second-order valence-electron chi connectivity index (χ2n) is 9.95. The first kappa shape index (κ1) is 27.3. The lowest BCUT2D eigenvalue weighted by molar-refractivity contribution is -0.384. The number of nitrogens with zero attached hydrogens (tertiary/aromatic N) is 2. The Morgan fingerprint density at radius 1 is 1.05 bits per heavy atom. The number of carbonyl (C=O) groups is 1. The smallest absolute Gasteiger partial charge is 0.270 e. The molecule has 0 spiro atoms. The number of aliphatic imine (C=N–C) groups is 1. The molecule has 1 amide bonds. The number of ether oxygens (including phenoxy) is 1. The molecule has 4 aromatic rings. The Hall–Kier alpha value is -4.24. The van der Waals surface area contributed by atoms with Gasteiger partial charge in [-0.05, 0) is 86.6 Å². The molecule has 9 heteroatoms. The van der Waals surface area contributed by atoms with Crippen molar-refractivity contribution in [2.24, 2.45) is 4.99 Å². The topological polar surface area (TPSA) is 107 Å². The lowest BCUT2D eigenvalue weighted by Gasteiger charge is -2.12. The van der Waals surface area contributed by atoms with Gasteiger partial charge in [-0.15, -0.1) is 11.3 Å². The van der Waals surface area contributed by atoms with E-state index < -0.39 is 4.92 Å². The number of benzene rings is 2. The summed E-state index contributed by atoms with van der Waals surface area (Å²) in [5.41, 5.74) is 5.19. The highest BCUT2D eigenvalue weighted by Crippen LogP contribution is 2.40. The van der Waals surface area contributed by atoms with Crippen molar-refractivity contribution in [1.29, 1.82) is 0 Å². The maximum absolute atomic E-state index is 13.6. The van der Waals surface area contributed by atoms with Crippen LogP contribution < -0.4 is 10.1 Å². The van der Waals surface area contributed by atoms with Crippen LogP contribution in [0.15, 0.2) is 57.9 Å². The lowest BCUT2D eigenvalue weighted by Crippen LogP contribution is -2.14. The minimum Gasteiger partial charge on any atom is -0.496 e. The number of thiophene rings is 1. The van der Waals surface area contributed by atoms with Crippen molar-refractivity contribution in [3.63, 3.8) is 0 Å². The molecular weight excluding hydrogens is 526 g/mol. The summed E-state index contributed by atoms with van der Waals surface area (Å²) < 4.78 is 11.4. The number of amides is 1. The molecule has 0 atom stereocenters. The number of nitrogens with one attached hydrogen (secondary N) is 1. The van der Waals surface area contributed by atoms with E-state index in [9.17, 15) is 14.9 Å². The highest BCUT2D eigenvalue weighted by molar-refractivity contribution is 7.16. The van der Waals surface area contributed by atoms with Crippen LogP contribution in [0.2, 0.25) is 0 Å². The average molecular weight is 558 g/mol. The van der Waals surface area contributed by atoms with E-state index in [2.05, 4.69) is 5.32 Å². The number of carbonyl (C=O) groups excluding carboxylic acids is 1. The van der Waals surface area contributed by atoms with E-state index >= 15 is 0 Å². The van der Waals surface area contributed by atoms with Gasteiger partial charge < -0.3 is 14.5 Å². The Morgan fingerprint density at radius 2 is 1.85 bits per heavy atom. The third-order valence-corrected chi connectivity index (χ3v) is 8.44. The number of nitro benzene ring substituents is 1. The number of hydrogen-bond donors (Lipinski definition) is 1. The van der Waals surface area contributed by atoms with E-state index in [1.54, 1.807) is 35.8 Å². The van der Waals surface area contributed by atoms with Crippen LogP contribution in [0.3, 0.4) is 0 Å². The van der Waals surface area contributed by atoms with Crippen molar-refractivity contribution in [1.82, 2.24) is 0 Å². The molecule has 206 valence electrons. The van der Waals surface area contributed by atoms with Gasteiger partial charge in [-0.1, -0.05) is 18.9 Å². The molecule has 0 bridgehead atoms. The Balaban J connectivity index is 1.48. The molecular formula is C31H31N3O5S. The monoisotopic (exact) mass is 557 g/mol. The van der Waals surface area contributed by atoms with Gasteiger partial charge in [0.25, 0.3) is 11.6 Å². The van der Waals surface area contributed by atoms with Crippen LogP contribution in [0.5, 0.6) is 5.75 Å². The van der Waals surface area contributed by atoms with Gasteiger partial charge in [0.05, 0.1) is 29.4 Å². The van der Waals surface area contributed by atoms with Gasteiger partial charge in [0, 0.05) is 22.7 Å². The summed E-state index contributed by atoms with van der Waals surface area (Å²) in [6.07, 6.45) is 7.88. The number of nitro groups is 1. The van der Waals surface area contributed by atoms with Gasteiger partial charge in [0.1, 0.15) is 22.3 Å². The Bertz CT molecular complexity index is 1600. The number of hydrogen-bond acceptors (Lipinski definition) is 7. The molecule has 1 aliphatic rings. The molecule has 0 saturated heterocycles. The summed E-state index contributed by atoms with van der Waals surface area (Å²) >= 11 is 1.57. The third-order valence-electron chi connectivity index (χ3n) is 7.24. The van der Waals surface area contributed by atoms with Crippen molar-refractivity contribution < 1.29 is 18.9 Å². The summed E-state index contributed by atoms with van der Waals surface area (Å²) in [6.45, 7) is 4.08. The number of anilines is 1. The predicted octanol–water partition coefficient (Wildman–Crippen LogP) is 8.20. The van der Waals surface area contributed by atoms with Gasteiger partial charge >= 0.3 is 0 Å². The Labute approximate surface area is 236 Å². The van der Waals surface area contributed by atoms with E-state index in [4.69, 9.17) is 14.1 Å². The number of aryl methyl sites for hydroxylation is 3. The molecule has 40 heavy (non-hydrogen) atoms. The number of methoxy groups -OCH3 is 1. The first-order chi connectivity index (χ1) is 19.3. The largest absolute Gasteiger partial charge is 0.496 e. The van der Waals surface area contributed by atoms with Crippen LogP contribution in [0.4, 0.5) is 16.4 Å². The third kappa shape index (κ3) is 5.84. The quantitative estimate of drug-likeness (QED) is 0.140. The Morgan fingerprint density at radius 3 is 2.60 bits per heavy atom. The van der Waals surface area contributed by atoms with Crippen LogP contribution in [0, 0.1) is 24.0 Å². The van der Waals surface area contributed by atoms with Crippen molar-refractivity contribution in [2.75, 3.05) is 12.4 Å². The second-order valence-corrected chi connectivity index (χ2v) is 11.0. The van der Waals surface area contributed by atoms with Crippen molar-refractivity contribution in [3.05, 3.63) is 91.5 Å². The summed E-state index contributed by atoms with van der Waals surface area (Å²) in [5, 5.41) is 15.0. The second kappa shape index (κ2) is 11.9. The van der Waals surface area contributed by atoms with E-state index in [0.717, 1.165) is 48.9 Å². The van der Waals surface area contributed by atoms with Crippen LogP contribution in [0.25, 0.3) is 11.3 Å². The number of fused-ring (bicyclic) bond motifs is 1. The summed E-state index contributed by atoms with van der Waals surface area (Å²) in [6, 6.07) is 13.7. The molecule has 0 fully saturated rings. The van der Waals surface area contributed by atoms with Crippen LogP contribution >= 0.6 is 11.3 Å². The van der Waals surface area contributed by atoms with Gasteiger partial charge in [0.2, 0.25) is 0 Å². The standard InChI is InChI=1S/C31H31N3O5S/c1-19-10-11-21(16-20(19)2)33-30(35)29-24-8-6-4-5-7-9-28(24)40-31(29)32-18-23-13-15-27(39-23)25-17-22(34(36)37)12-14-26(25)38-3/h10-18H,4-9H2,1-3H3,(H,33,35). The summed E-state index contributed by atoms with van der Waals surface area (Å²) in [5.74, 6) is 1.19. The molecule has 0 saturated carbocycles. The molecule has 0 radical (unpaired) electrons. The predicted molar refractivity (Wildman–Crippen MR) is 159 cm³/mol. The SMILES string of the molecule is COc1ccc([N+](=O)[O-])cc1-c1ccc(C=Nc2sc3c(c2C(=O)Nc2ccc(C)c(C)c2)CCCCCC3)o1. The molecule has 2 aromatic carbocycles. The van der Waals surface area contributed by atoms with Crippen molar-refractivity contribution in [3.8, 4) is 17.1 Å². The summed E-state index contributed by atoms with van der Waals surface area (Å²) in [7, 11) is 1.50. The lowest BCUT2D eigenvalue weighted by atomic mass is 9.96. The first-order valence-electron chi connectivity index (χ1n) is 13.3. The van der Waals surface area contributed by atoms with Crippen LogP contribution in [0.1, 0.15) is 63.4 Å². The average Bonchev–Trinajstić information content (AvgIpc) is 3.53. The molecule has 2 aromatic heterocycles. The number of furan rings is 1. The molecule has 0 aliphatic heterocycles. The maximum atomic E-state index is 13.6. The highest BCUT2D eigenvalue weighted by Gasteiger charge is 2.24. The minimum atomic E-state index is -0.457. The molecule has 1 N–H and O–H groups in total. The summed E-state index contributed by atoms with van der Waals surface area (Å²) in [4.78, 5) is 30.4. The van der Waals surface area contributed by atoms with Gasteiger partial charge in [0.15, 0.2) is 0 Å². The molecule has 2 heterocycles.